The lowest BCUT2D eigenvalue weighted by Crippen LogP contribution is -2.18. The van der Waals surface area contributed by atoms with Gasteiger partial charge in [0.1, 0.15) is 0 Å². The largest absolute Gasteiger partial charge is 0.466 e. The smallest absolute Gasteiger partial charge is 0.313 e. The number of hydrogen-bond acceptors (Lipinski definition) is 4. The first-order chi connectivity index (χ1) is 9.58. The van der Waals surface area contributed by atoms with E-state index in [0.717, 1.165) is 5.56 Å². The van der Waals surface area contributed by atoms with Crippen molar-refractivity contribution in [2.75, 3.05) is 13.2 Å². The molecule has 0 saturated carbocycles. The molecule has 1 unspecified atom stereocenters. The molecule has 0 amide bonds. The molecule has 4 nitrogen and oxygen atoms in total. The molecular weight excluding hydrogens is 280 g/mol. The molecule has 1 aromatic rings. The van der Waals surface area contributed by atoms with E-state index in [1.807, 2.05) is 0 Å². The van der Waals surface area contributed by atoms with E-state index in [9.17, 15) is 9.59 Å². The van der Waals surface area contributed by atoms with Gasteiger partial charge in [0.2, 0.25) is 0 Å². The zero-order valence-electron chi connectivity index (χ0n) is 11.7. The molecule has 0 aromatic heterocycles. The van der Waals surface area contributed by atoms with Gasteiger partial charge in [0.15, 0.2) is 0 Å². The fraction of sp³-hybridized carbons (Fsp3) is 0.467. The molecule has 0 heterocycles. The Labute approximate surface area is 124 Å². The summed E-state index contributed by atoms with van der Waals surface area (Å²) in [4.78, 5) is 23.4. The maximum Gasteiger partial charge on any atom is 0.313 e. The number of hydrogen-bond donors (Lipinski definition) is 0. The van der Waals surface area contributed by atoms with E-state index in [1.165, 1.54) is 0 Å². The highest BCUT2D eigenvalue weighted by Gasteiger charge is 2.23. The van der Waals surface area contributed by atoms with Crippen molar-refractivity contribution < 1.29 is 19.1 Å². The Morgan fingerprint density at radius 2 is 1.70 bits per heavy atom. The first-order valence-electron chi connectivity index (χ1n) is 6.66. The molecule has 0 aliphatic rings. The minimum Gasteiger partial charge on any atom is -0.466 e. The summed E-state index contributed by atoms with van der Waals surface area (Å²) in [6.45, 7) is 4.15. The lowest BCUT2D eigenvalue weighted by molar-refractivity contribution is -0.146. The van der Waals surface area contributed by atoms with Crippen LogP contribution in [0.4, 0.5) is 0 Å². The van der Waals surface area contributed by atoms with Crippen LogP contribution in [0.15, 0.2) is 24.3 Å². The minimum atomic E-state index is -0.475. The van der Waals surface area contributed by atoms with Gasteiger partial charge in [-0.05, 0) is 38.0 Å². The van der Waals surface area contributed by atoms with Crippen molar-refractivity contribution in [1.82, 2.24) is 0 Å². The van der Waals surface area contributed by atoms with Crippen molar-refractivity contribution in [3.05, 3.63) is 34.9 Å². The summed E-state index contributed by atoms with van der Waals surface area (Å²) in [7, 11) is 0. The van der Waals surface area contributed by atoms with E-state index >= 15 is 0 Å². The number of esters is 2. The van der Waals surface area contributed by atoms with Crippen molar-refractivity contribution >= 4 is 23.5 Å². The molecule has 1 rings (SSSR count). The van der Waals surface area contributed by atoms with Crippen LogP contribution in [0.3, 0.4) is 0 Å². The zero-order chi connectivity index (χ0) is 15.0. The van der Waals surface area contributed by atoms with Crippen molar-refractivity contribution in [1.29, 1.82) is 0 Å². The summed E-state index contributed by atoms with van der Waals surface area (Å²) >= 11 is 5.84. The van der Waals surface area contributed by atoms with E-state index in [1.54, 1.807) is 38.1 Å². The first-order valence-corrected chi connectivity index (χ1v) is 7.04. The van der Waals surface area contributed by atoms with Gasteiger partial charge in [0.25, 0.3) is 0 Å². The summed E-state index contributed by atoms with van der Waals surface area (Å²) in [6.07, 6.45) is 0.541. The molecular formula is C15H19ClO4. The van der Waals surface area contributed by atoms with E-state index in [4.69, 9.17) is 21.1 Å². The Morgan fingerprint density at radius 3 is 2.25 bits per heavy atom. The van der Waals surface area contributed by atoms with Crippen LogP contribution in [0.1, 0.15) is 38.2 Å². The monoisotopic (exact) mass is 298 g/mol. The van der Waals surface area contributed by atoms with Gasteiger partial charge in [-0.2, -0.15) is 0 Å². The van der Waals surface area contributed by atoms with Crippen LogP contribution in [0.2, 0.25) is 5.02 Å². The van der Waals surface area contributed by atoms with E-state index in [-0.39, 0.29) is 18.4 Å². The summed E-state index contributed by atoms with van der Waals surface area (Å²) in [5, 5.41) is 0.599. The topological polar surface area (TPSA) is 52.6 Å². The third-order valence-electron chi connectivity index (χ3n) is 2.79. The molecule has 0 saturated heterocycles. The Morgan fingerprint density at radius 1 is 1.10 bits per heavy atom. The molecule has 0 aliphatic heterocycles. The van der Waals surface area contributed by atoms with Gasteiger partial charge >= 0.3 is 11.9 Å². The predicted molar refractivity (Wildman–Crippen MR) is 76.7 cm³/mol. The van der Waals surface area contributed by atoms with Crippen molar-refractivity contribution in [3.63, 3.8) is 0 Å². The molecule has 0 fully saturated rings. The molecule has 0 spiro atoms. The quantitative estimate of drug-likeness (QED) is 0.725. The van der Waals surface area contributed by atoms with Gasteiger partial charge in [0.05, 0.1) is 19.1 Å². The van der Waals surface area contributed by atoms with Gasteiger partial charge < -0.3 is 9.47 Å². The van der Waals surface area contributed by atoms with Crippen LogP contribution >= 0.6 is 11.6 Å². The van der Waals surface area contributed by atoms with Crippen molar-refractivity contribution in [2.24, 2.45) is 0 Å². The van der Waals surface area contributed by atoms with Gasteiger partial charge in [-0.15, -0.1) is 0 Å². The van der Waals surface area contributed by atoms with E-state index in [0.29, 0.717) is 24.7 Å². The fourth-order valence-electron chi connectivity index (χ4n) is 1.85. The number of benzene rings is 1. The standard InChI is InChI=1S/C15H19ClO4/c1-3-19-14(17)10-9-13(15(18)20-4-2)11-5-7-12(16)8-6-11/h5-8,13H,3-4,9-10H2,1-2H3. The highest BCUT2D eigenvalue weighted by molar-refractivity contribution is 6.30. The SMILES string of the molecule is CCOC(=O)CCC(C(=O)OCC)c1ccc(Cl)cc1. The van der Waals surface area contributed by atoms with E-state index < -0.39 is 5.92 Å². The zero-order valence-corrected chi connectivity index (χ0v) is 12.5. The lowest BCUT2D eigenvalue weighted by Gasteiger charge is -2.15. The summed E-state index contributed by atoms with van der Waals surface area (Å²) in [5.41, 5.74) is 0.789. The highest BCUT2D eigenvalue weighted by atomic mass is 35.5. The Bertz CT molecular complexity index is 442. The molecule has 1 atom stereocenters. The summed E-state index contributed by atoms with van der Waals surface area (Å²) in [5.74, 6) is -1.12. The minimum absolute atomic E-state index is 0.181. The third kappa shape index (κ3) is 5.21. The van der Waals surface area contributed by atoms with Gasteiger partial charge in [-0.1, -0.05) is 23.7 Å². The average molecular weight is 299 g/mol. The number of carbonyl (C=O) groups is 2. The number of ether oxygens (including phenoxy) is 2. The third-order valence-corrected chi connectivity index (χ3v) is 3.04. The molecule has 20 heavy (non-hydrogen) atoms. The Hall–Kier alpha value is -1.55. The number of halogens is 1. The molecule has 1 aromatic carbocycles. The summed E-state index contributed by atoms with van der Waals surface area (Å²) < 4.78 is 9.93. The second-order valence-electron chi connectivity index (χ2n) is 4.20. The Balaban J connectivity index is 2.77. The molecule has 0 N–H and O–H groups in total. The van der Waals surface area contributed by atoms with Crippen molar-refractivity contribution in [3.8, 4) is 0 Å². The van der Waals surface area contributed by atoms with Crippen LogP contribution in [0, 0.1) is 0 Å². The van der Waals surface area contributed by atoms with Crippen LogP contribution in [-0.4, -0.2) is 25.2 Å². The fourth-order valence-corrected chi connectivity index (χ4v) is 1.98. The van der Waals surface area contributed by atoms with E-state index in [2.05, 4.69) is 0 Å². The van der Waals surface area contributed by atoms with Crippen LogP contribution in [0.5, 0.6) is 0 Å². The summed E-state index contributed by atoms with van der Waals surface area (Å²) in [6, 6.07) is 6.98. The average Bonchev–Trinajstić information content (AvgIpc) is 2.41. The van der Waals surface area contributed by atoms with Crippen LogP contribution < -0.4 is 0 Å². The van der Waals surface area contributed by atoms with Crippen LogP contribution in [0.25, 0.3) is 0 Å². The normalized spacial score (nSPS) is 11.8. The van der Waals surface area contributed by atoms with Crippen molar-refractivity contribution in [2.45, 2.75) is 32.6 Å². The van der Waals surface area contributed by atoms with Gasteiger partial charge in [-0.3, -0.25) is 9.59 Å². The molecule has 0 aliphatic carbocycles. The first kappa shape index (κ1) is 16.5. The molecule has 5 heteroatoms. The Kier molecular flexibility index (Phi) is 7.09. The molecule has 0 radical (unpaired) electrons. The maximum absolute atomic E-state index is 12.0. The predicted octanol–water partition coefficient (Wildman–Crippen LogP) is 3.33. The maximum atomic E-state index is 12.0. The van der Waals surface area contributed by atoms with Gasteiger partial charge in [-0.25, -0.2) is 0 Å². The van der Waals surface area contributed by atoms with Crippen LogP contribution in [-0.2, 0) is 19.1 Å². The lowest BCUT2D eigenvalue weighted by atomic mass is 9.94. The molecule has 0 bridgehead atoms. The number of carbonyl (C=O) groups excluding carboxylic acids is 2. The number of rotatable bonds is 7. The highest BCUT2D eigenvalue weighted by Crippen LogP contribution is 2.24. The second-order valence-corrected chi connectivity index (χ2v) is 4.64. The van der Waals surface area contributed by atoms with Gasteiger partial charge in [0, 0.05) is 11.4 Å². The molecule has 110 valence electrons. The second kappa shape index (κ2) is 8.59.